The molecule has 9 aliphatic heterocycles. The minimum absolute atomic E-state index is 1.12. The van der Waals surface area contributed by atoms with Crippen LogP contribution in [0.5, 0.6) is 0 Å². The number of carboxylic acids is 4. The van der Waals surface area contributed by atoms with Crippen LogP contribution < -0.4 is 5.73 Å². The molecule has 0 radical (unpaired) electrons. The van der Waals surface area contributed by atoms with E-state index in [1.807, 2.05) is 0 Å². The number of carboxylic acid groups (broad SMARTS) is 4. The summed E-state index contributed by atoms with van der Waals surface area (Å²) in [5, 5.41) is 373. The number of hydrogen-bond acceptors (Lipinski definition) is 52. The molecule has 0 unspecified atom stereocenters. The van der Waals surface area contributed by atoms with Crippen molar-refractivity contribution in [1.29, 1.82) is 0 Å². The zero-order valence-corrected chi connectivity index (χ0v) is 61.6. The Morgan fingerprint density at radius 1 is 0.361 bits per heavy atom. The van der Waals surface area contributed by atoms with Crippen LogP contribution in [0.4, 0.5) is 0 Å². The summed E-state index contributed by atoms with van der Waals surface area (Å²) >= 11 is 0. The van der Waals surface area contributed by atoms with Crippen molar-refractivity contribution in [3.8, 4) is 0 Å². The molecule has 36 N–H and O–H groups in total. The number of ether oxygens (including phenoxy) is 17. The van der Waals surface area contributed by atoms with E-state index in [1.165, 1.54) is 0 Å². The molecular weight excluding hydrogens is 1650 g/mol. The summed E-state index contributed by atoms with van der Waals surface area (Å²) in [5.41, 5.74) is 6.13. The van der Waals surface area contributed by atoms with Crippen LogP contribution in [-0.2, 0) is 99.7 Å². The van der Waals surface area contributed by atoms with Crippen LogP contribution in [0.3, 0.4) is 0 Å². The molecule has 0 saturated carbocycles. The topological polar surface area (TPSA) is 939 Å². The molecule has 0 aromatic carbocycles. The molecule has 56 nitrogen and oxygen atoms in total. The van der Waals surface area contributed by atoms with Gasteiger partial charge in [-0.2, -0.15) is 0 Å². The lowest BCUT2D eigenvalue weighted by Crippen LogP contribution is -2.71. The van der Waals surface area contributed by atoms with Crippen molar-refractivity contribution in [3.05, 3.63) is 0 Å². The molecule has 0 amide bonds. The van der Waals surface area contributed by atoms with Crippen LogP contribution in [0.1, 0.15) is 19.3 Å². The van der Waals surface area contributed by atoms with Gasteiger partial charge in [0.05, 0.1) is 77.2 Å². The Labute approximate surface area is 666 Å². The van der Waals surface area contributed by atoms with Crippen molar-refractivity contribution < 1.29 is 273 Å². The predicted octanol–water partition coefficient (Wildman–Crippen LogP) is -23.0. The van der Waals surface area contributed by atoms with E-state index in [2.05, 4.69) is 0 Å². The fourth-order valence-electron chi connectivity index (χ4n) is 14.8. The van der Waals surface area contributed by atoms with E-state index < -0.39 is 389 Å². The minimum atomic E-state index is -3.72. The molecular formula is C63H103NO55. The maximum atomic E-state index is 13.4. The predicted molar refractivity (Wildman–Crippen MR) is 351 cm³/mol. The summed E-state index contributed by atoms with van der Waals surface area (Å²) in [7, 11) is 0. The van der Waals surface area contributed by atoms with E-state index in [1.54, 1.807) is 0 Å². The van der Waals surface area contributed by atoms with Gasteiger partial charge in [0, 0.05) is 19.3 Å². The van der Waals surface area contributed by atoms with Gasteiger partial charge in [0.25, 0.3) is 17.4 Å². The van der Waals surface area contributed by atoms with Gasteiger partial charge in [-0.3, -0.25) is 0 Å². The molecule has 9 saturated heterocycles. The van der Waals surface area contributed by atoms with Gasteiger partial charge in [-0.1, -0.05) is 0 Å². The third-order valence-corrected chi connectivity index (χ3v) is 21.6. The summed E-state index contributed by atoms with van der Waals surface area (Å²) in [6.45, 7) is -10.7. The van der Waals surface area contributed by atoms with Crippen LogP contribution in [-0.4, -0.2) is 543 Å². The smallest absolute Gasteiger partial charge is 0.364 e. The summed E-state index contributed by atoms with van der Waals surface area (Å²) < 4.78 is 96.6. The Kier molecular flexibility index (Phi) is 33.8. The highest BCUT2D eigenvalue weighted by atomic mass is 16.8. The van der Waals surface area contributed by atoms with Gasteiger partial charge >= 0.3 is 23.9 Å². The van der Waals surface area contributed by atoms with Crippen molar-refractivity contribution >= 4 is 23.9 Å². The van der Waals surface area contributed by atoms with Crippen LogP contribution in [0.2, 0.25) is 0 Å². The Morgan fingerprint density at radius 2 is 0.782 bits per heavy atom. The minimum Gasteiger partial charge on any atom is -0.479 e. The zero-order valence-electron chi connectivity index (χ0n) is 61.6. The molecule has 0 aliphatic carbocycles. The fraction of sp³-hybridized carbons (Fsp3) is 0.937. The van der Waals surface area contributed by atoms with Gasteiger partial charge in [0.2, 0.25) is 0 Å². The quantitative estimate of drug-likeness (QED) is 0.0284. The lowest BCUT2D eigenvalue weighted by atomic mass is 9.89. The van der Waals surface area contributed by atoms with Crippen molar-refractivity contribution in [2.24, 2.45) is 5.73 Å². The van der Waals surface area contributed by atoms with Gasteiger partial charge in [0.1, 0.15) is 208 Å². The molecule has 9 aliphatic rings. The first-order valence-corrected chi connectivity index (χ1v) is 36.7. The van der Waals surface area contributed by atoms with E-state index in [-0.39, 0.29) is 0 Å². The van der Waals surface area contributed by atoms with Crippen LogP contribution >= 0.6 is 0 Å². The summed E-state index contributed by atoms with van der Waals surface area (Å²) in [6, 6.07) is -2.04. The average Bonchev–Trinajstić information content (AvgIpc) is 0.746. The molecule has 119 heavy (non-hydrogen) atoms. The third-order valence-electron chi connectivity index (χ3n) is 21.6. The number of aliphatic hydroxyl groups is 30. The molecule has 56 heteroatoms. The first kappa shape index (κ1) is 98.7. The molecule has 0 aromatic rings. The summed E-state index contributed by atoms with van der Waals surface area (Å²) in [6.07, 6.45) is -113. The lowest BCUT2D eigenvalue weighted by Gasteiger charge is -2.53. The highest BCUT2D eigenvalue weighted by molar-refractivity contribution is 5.77. The second-order valence-corrected chi connectivity index (χ2v) is 29.7. The normalized spacial score (nSPS) is 48.5. The number of hydrogen-bond donors (Lipinski definition) is 35. The second kappa shape index (κ2) is 40.7. The van der Waals surface area contributed by atoms with Gasteiger partial charge in [0.15, 0.2) is 43.8 Å². The van der Waals surface area contributed by atoms with Crippen molar-refractivity contribution in [3.63, 3.8) is 0 Å². The SMILES string of the molecule is N[C@H]1[C@@H](O[C@@H]2[C@H](O)[C@@H](O)[C@@H](O[C@@H]3[C@H](O)[C@@H](O[C@@H]4[C@H](O)[C@@H](O[C@H]5[C@@H]([C@H](O)CO)O[C@@](O)(C(=O)O)C[C@H]5O[C@]5(C(=O)O)C[C@@H](O)[C@@H](O)[C@@H]([C@H](O)CO)O5)O[C@H]([C@@H](O)CO)[C@H]4O[C@@H]4O[C@H](CO)[C@@H](O)[C@H](O)[C@H]4O)O[C@H]([C@@H](O)CO[C@H]4O[C@H]([C@@H](O)CO)[C@@H](O)[C@H](O)[C@@H]4O)[C@H]3O)O[C@@H]2C(=O)O)O[C@H](CO[C@]2(C(=O)O)C[C@@H](O)[C@@H](O)[C@@H]([C@H](O)CO)O2)[C@@H](O)[C@@H]1O. The number of carbonyl (C=O) groups is 4. The third kappa shape index (κ3) is 20.5. The Hall–Kier alpha value is -4.04. The average molecular weight is 1750 g/mol. The van der Waals surface area contributed by atoms with E-state index in [0.717, 1.165) is 0 Å². The molecule has 9 fully saturated rings. The fourth-order valence-corrected chi connectivity index (χ4v) is 14.8. The Bertz CT molecular complexity index is 3260. The molecule has 0 spiro atoms. The van der Waals surface area contributed by atoms with Gasteiger partial charge in [-0.05, 0) is 0 Å². The molecule has 0 aromatic heterocycles. The van der Waals surface area contributed by atoms with Crippen LogP contribution in [0.25, 0.3) is 0 Å². The van der Waals surface area contributed by atoms with Crippen molar-refractivity contribution in [2.45, 2.75) is 312 Å². The molecule has 48 atom stereocenters. The van der Waals surface area contributed by atoms with E-state index in [9.17, 15) is 193 Å². The summed E-state index contributed by atoms with van der Waals surface area (Å²) in [4.78, 5) is 52.3. The van der Waals surface area contributed by atoms with E-state index >= 15 is 0 Å². The highest BCUT2D eigenvalue weighted by Gasteiger charge is 2.66. The molecule has 9 heterocycles. The first-order valence-electron chi connectivity index (χ1n) is 36.7. The number of rotatable bonds is 34. The second-order valence-electron chi connectivity index (χ2n) is 29.7. The Balaban J connectivity index is 1.10. The van der Waals surface area contributed by atoms with Gasteiger partial charge in [-0.25, -0.2) is 19.2 Å². The van der Waals surface area contributed by atoms with E-state index in [0.29, 0.717) is 0 Å². The van der Waals surface area contributed by atoms with Crippen molar-refractivity contribution in [1.82, 2.24) is 0 Å². The van der Waals surface area contributed by atoms with Crippen molar-refractivity contribution in [2.75, 3.05) is 52.9 Å². The molecule has 0 bridgehead atoms. The Morgan fingerprint density at radius 3 is 1.33 bits per heavy atom. The largest absolute Gasteiger partial charge is 0.479 e. The first-order chi connectivity index (χ1) is 55.8. The monoisotopic (exact) mass is 1750 g/mol. The maximum absolute atomic E-state index is 13.4. The number of nitrogens with two attached hydrogens (primary N) is 1. The maximum Gasteiger partial charge on any atom is 0.364 e. The van der Waals surface area contributed by atoms with Gasteiger partial charge in [-0.15, -0.1) is 0 Å². The lowest BCUT2D eigenvalue weighted by molar-refractivity contribution is -0.416. The van der Waals surface area contributed by atoms with Gasteiger partial charge < -0.3 is 260 Å². The standard InChI is InChI=1S/C63H103NO55/c64-23-28(83)27(82)22(11-104-62(59(98)99)1-12(71)24(79)41(118-62)15(74)5-66)106-52(23)112-47-32(87)35(90)55(115-50(47)51(94)95)111-46-36(91)40(19(78)10-103-53-33(88)30(85)31(86)39(107-53)14(73)4-65)108-56(37(46)92)113-48-38(93)57(109-43(17(76)7-68)49(48)114-54-34(89)29(84)26(81)21(9-70)105-54)110-45-20(3-61(102,58(96)97)117-44(45)18(77)8-69)116-63(60(100)101)2-13(72)25(80)42(119-63)16(75)6-67/h12-50,52-57,65-93,102H,1-11,64H2,(H,94,95)(H,96,97)(H,98,99)(H,100,101)/t12-,13-,14+,15-,16-,17+,18-,19+,20-,21-,22-,23-,24-,25-,26-,27-,28-,29+,30+,31+,32-,33+,34-,35-,36-,37+,38+,39-,40-,41-,42-,43-,44-,45-,46+,47-,48-,49-,50+,52-,53+,54+,55+,56-,57-,61-,62-,63-/m1/s1. The summed E-state index contributed by atoms with van der Waals surface area (Å²) in [5.74, 6) is -19.3. The van der Waals surface area contributed by atoms with Crippen LogP contribution in [0, 0.1) is 0 Å². The molecule has 9 rings (SSSR count). The molecule has 690 valence electrons. The zero-order chi connectivity index (χ0) is 88.6. The van der Waals surface area contributed by atoms with Crippen LogP contribution in [0.15, 0.2) is 0 Å². The highest BCUT2D eigenvalue weighted by Crippen LogP contribution is 2.45. The van der Waals surface area contributed by atoms with E-state index in [4.69, 9.17) is 86.3 Å². The number of aliphatic carboxylic acids is 4. The number of aliphatic hydroxyl groups excluding tert-OH is 29.